The maximum Gasteiger partial charge on any atom is 0.315 e. The number of ether oxygens (including phenoxy) is 1. The first kappa shape index (κ1) is 16.6. The highest BCUT2D eigenvalue weighted by molar-refractivity contribution is 8.01. The molecule has 0 bridgehead atoms. The predicted octanol–water partition coefficient (Wildman–Crippen LogP) is 2.55. The van der Waals surface area contributed by atoms with E-state index in [1.165, 1.54) is 11.8 Å². The number of hydrogen-bond acceptors (Lipinski definition) is 4. The Balaban J connectivity index is 2.40. The maximum absolute atomic E-state index is 12.0. The summed E-state index contributed by atoms with van der Waals surface area (Å²) in [5.74, 6) is -0.161. The van der Waals surface area contributed by atoms with Gasteiger partial charge in [0.25, 0.3) is 0 Å². The van der Waals surface area contributed by atoms with E-state index < -0.39 is 0 Å². The highest BCUT2D eigenvalue weighted by Gasteiger charge is 2.17. The lowest BCUT2D eigenvalue weighted by Crippen LogP contribution is -2.33. The molecule has 0 radical (unpaired) electrons. The average Bonchev–Trinajstić information content (AvgIpc) is 2.45. The molecule has 5 heteroatoms. The number of hydrogen-bond donors (Lipinski definition) is 1. The van der Waals surface area contributed by atoms with E-state index in [0.717, 1.165) is 5.56 Å². The smallest absolute Gasteiger partial charge is 0.315 e. The number of amides is 1. The summed E-state index contributed by atoms with van der Waals surface area (Å²) in [5, 5.41) is 2.65. The lowest BCUT2D eigenvalue weighted by Gasteiger charge is -2.17. The first-order chi connectivity index (χ1) is 9.54. The molecule has 0 heterocycles. The van der Waals surface area contributed by atoms with Gasteiger partial charge in [0, 0.05) is 0 Å². The first-order valence-electron chi connectivity index (χ1n) is 6.67. The third-order valence-corrected chi connectivity index (χ3v) is 3.90. The van der Waals surface area contributed by atoms with Crippen molar-refractivity contribution in [2.24, 2.45) is 0 Å². The molecule has 1 aromatic rings. The van der Waals surface area contributed by atoms with Crippen molar-refractivity contribution in [3.63, 3.8) is 0 Å². The van der Waals surface area contributed by atoms with E-state index in [9.17, 15) is 9.59 Å². The number of carbonyl (C=O) groups excluding carboxylic acids is 2. The van der Waals surface area contributed by atoms with Crippen LogP contribution in [0.3, 0.4) is 0 Å². The SMILES string of the molecule is CCOC(=O)CSC(C)C(=O)NC(C)c1ccccc1. The molecule has 0 aliphatic heterocycles. The summed E-state index contributed by atoms with van der Waals surface area (Å²) in [6.45, 7) is 5.86. The highest BCUT2D eigenvalue weighted by Crippen LogP contribution is 2.15. The van der Waals surface area contributed by atoms with Crippen LogP contribution in [0.2, 0.25) is 0 Å². The van der Waals surface area contributed by atoms with Gasteiger partial charge >= 0.3 is 5.97 Å². The van der Waals surface area contributed by atoms with Gasteiger partial charge in [-0.15, -0.1) is 11.8 Å². The van der Waals surface area contributed by atoms with Gasteiger partial charge in [0.1, 0.15) is 0 Å². The van der Waals surface area contributed by atoms with Crippen LogP contribution in [0.5, 0.6) is 0 Å². The van der Waals surface area contributed by atoms with E-state index in [1.807, 2.05) is 37.3 Å². The van der Waals surface area contributed by atoms with Crippen molar-refractivity contribution in [1.82, 2.24) is 5.32 Å². The Morgan fingerprint density at radius 1 is 1.25 bits per heavy atom. The van der Waals surface area contributed by atoms with Crippen molar-refractivity contribution < 1.29 is 14.3 Å². The number of benzene rings is 1. The summed E-state index contributed by atoms with van der Waals surface area (Å²) in [4.78, 5) is 23.3. The summed E-state index contributed by atoms with van der Waals surface area (Å²) < 4.78 is 4.83. The van der Waals surface area contributed by atoms with Gasteiger partial charge in [0.15, 0.2) is 0 Å². The van der Waals surface area contributed by atoms with Gasteiger partial charge in [0.05, 0.1) is 23.7 Å². The van der Waals surface area contributed by atoms with E-state index in [0.29, 0.717) is 6.61 Å². The van der Waals surface area contributed by atoms with E-state index in [4.69, 9.17) is 4.74 Å². The highest BCUT2D eigenvalue weighted by atomic mass is 32.2. The van der Waals surface area contributed by atoms with Gasteiger partial charge < -0.3 is 10.1 Å². The number of rotatable bonds is 7. The fraction of sp³-hybridized carbons (Fsp3) is 0.467. The molecule has 1 rings (SSSR count). The minimum atomic E-state index is -0.287. The van der Waals surface area contributed by atoms with Crippen LogP contribution in [0.4, 0.5) is 0 Å². The normalized spacial score (nSPS) is 13.3. The number of thioether (sulfide) groups is 1. The molecular weight excluding hydrogens is 274 g/mol. The molecule has 1 aromatic carbocycles. The van der Waals surface area contributed by atoms with Crippen LogP contribution in [0.25, 0.3) is 0 Å². The average molecular weight is 295 g/mol. The molecule has 1 amide bonds. The van der Waals surface area contributed by atoms with Crippen molar-refractivity contribution in [3.05, 3.63) is 35.9 Å². The summed E-state index contributed by atoms with van der Waals surface area (Å²) in [7, 11) is 0. The molecular formula is C15H21NO3S. The lowest BCUT2D eigenvalue weighted by molar-refractivity contribution is -0.139. The standard InChI is InChI=1S/C15H21NO3S/c1-4-19-14(17)10-20-12(3)15(18)16-11(2)13-8-6-5-7-9-13/h5-9,11-12H,4,10H2,1-3H3,(H,16,18). The molecule has 0 spiro atoms. The third-order valence-electron chi connectivity index (χ3n) is 2.78. The zero-order valence-electron chi connectivity index (χ0n) is 12.1. The number of esters is 1. The monoisotopic (exact) mass is 295 g/mol. The Morgan fingerprint density at radius 3 is 2.50 bits per heavy atom. The number of carbonyl (C=O) groups is 2. The van der Waals surface area contributed by atoms with Crippen LogP contribution in [0.1, 0.15) is 32.4 Å². The Hall–Kier alpha value is -1.49. The largest absolute Gasteiger partial charge is 0.465 e. The van der Waals surface area contributed by atoms with Crippen molar-refractivity contribution >= 4 is 23.6 Å². The fourth-order valence-corrected chi connectivity index (χ4v) is 2.32. The van der Waals surface area contributed by atoms with Crippen molar-refractivity contribution in [1.29, 1.82) is 0 Å². The van der Waals surface area contributed by atoms with Crippen molar-refractivity contribution in [2.75, 3.05) is 12.4 Å². The van der Waals surface area contributed by atoms with Gasteiger partial charge in [0.2, 0.25) is 5.91 Å². The van der Waals surface area contributed by atoms with Gasteiger partial charge in [-0.25, -0.2) is 0 Å². The predicted molar refractivity (Wildman–Crippen MR) is 81.6 cm³/mol. The quantitative estimate of drug-likeness (QED) is 0.785. The molecule has 0 saturated heterocycles. The summed E-state index contributed by atoms with van der Waals surface area (Å²) in [5.41, 5.74) is 1.06. The maximum atomic E-state index is 12.0. The van der Waals surface area contributed by atoms with Crippen LogP contribution in [0.15, 0.2) is 30.3 Å². The second-order valence-corrected chi connectivity index (χ2v) is 5.73. The molecule has 0 aliphatic rings. The molecule has 110 valence electrons. The van der Waals surface area contributed by atoms with Gasteiger partial charge in [-0.2, -0.15) is 0 Å². The Kier molecular flexibility index (Phi) is 7.15. The Bertz CT molecular complexity index is 436. The van der Waals surface area contributed by atoms with Gasteiger partial charge in [-0.05, 0) is 26.3 Å². The zero-order chi connectivity index (χ0) is 15.0. The fourth-order valence-electron chi connectivity index (χ4n) is 1.63. The Morgan fingerprint density at radius 2 is 1.90 bits per heavy atom. The molecule has 2 unspecified atom stereocenters. The van der Waals surface area contributed by atoms with E-state index in [2.05, 4.69) is 5.32 Å². The van der Waals surface area contributed by atoms with Gasteiger partial charge in [-0.3, -0.25) is 9.59 Å². The molecule has 0 fully saturated rings. The minimum Gasteiger partial charge on any atom is -0.465 e. The van der Waals surface area contributed by atoms with Crippen LogP contribution in [0, 0.1) is 0 Å². The molecule has 4 nitrogen and oxygen atoms in total. The molecule has 2 atom stereocenters. The van der Waals surface area contributed by atoms with Crippen LogP contribution in [-0.4, -0.2) is 29.5 Å². The Labute approximate surface area is 124 Å². The topological polar surface area (TPSA) is 55.4 Å². The summed E-state index contributed by atoms with van der Waals surface area (Å²) in [6.07, 6.45) is 0. The van der Waals surface area contributed by atoms with E-state index in [-0.39, 0.29) is 28.9 Å². The second kappa shape index (κ2) is 8.64. The number of nitrogens with one attached hydrogen (secondary N) is 1. The van der Waals surface area contributed by atoms with Crippen molar-refractivity contribution in [3.8, 4) is 0 Å². The summed E-state index contributed by atoms with van der Waals surface area (Å²) in [6, 6.07) is 9.72. The first-order valence-corrected chi connectivity index (χ1v) is 7.72. The van der Waals surface area contributed by atoms with Crippen LogP contribution >= 0.6 is 11.8 Å². The van der Waals surface area contributed by atoms with Gasteiger partial charge in [-0.1, -0.05) is 30.3 Å². The van der Waals surface area contributed by atoms with Crippen molar-refractivity contribution in [2.45, 2.75) is 32.1 Å². The third kappa shape index (κ3) is 5.65. The van der Waals surface area contributed by atoms with E-state index in [1.54, 1.807) is 13.8 Å². The lowest BCUT2D eigenvalue weighted by atomic mass is 10.1. The molecule has 1 N–H and O–H groups in total. The van der Waals surface area contributed by atoms with Crippen LogP contribution in [-0.2, 0) is 14.3 Å². The van der Waals surface area contributed by atoms with E-state index >= 15 is 0 Å². The minimum absolute atomic E-state index is 0.0469. The van der Waals surface area contributed by atoms with Crippen LogP contribution < -0.4 is 5.32 Å². The molecule has 0 saturated carbocycles. The summed E-state index contributed by atoms with van der Waals surface area (Å²) >= 11 is 1.28. The molecule has 0 aromatic heterocycles. The zero-order valence-corrected chi connectivity index (χ0v) is 12.9. The molecule has 20 heavy (non-hydrogen) atoms. The second-order valence-electron chi connectivity index (χ2n) is 4.40. The molecule has 0 aliphatic carbocycles.